The minimum absolute atomic E-state index is 0.0169. The summed E-state index contributed by atoms with van der Waals surface area (Å²) in [5, 5.41) is 10.4. The van der Waals surface area contributed by atoms with Crippen LogP contribution in [0.2, 0.25) is 0 Å². The molecule has 0 heterocycles. The van der Waals surface area contributed by atoms with Crippen molar-refractivity contribution in [2.24, 2.45) is 0 Å². The fourth-order valence-corrected chi connectivity index (χ4v) is 1.57. The number of carboxylic acid groups (broad SMARTS) is 1. The van der Waals surface area contributed by atoms with Crippen LogP contribution in [-0.2, 0) is 11.2 Å². The molecule has 0 bridgehead atoms. The van der Waals surface area contributed by atoms with Crippen molar-refractivity contribution in [3.8, 4) is 0 Å². The first kappa shape index (κ1) is 10.7. The molecule has 3 nitrogen and oxygen atoms in total. The number of carboxylic acids is 1. The highest BCUT2D eigenvalue weighted by Gasteiger charge is 2.12. The number of aryl methyl sites for hydroxylation is 1. The van der Waals surface area contributed by atoms with E-state index in [1.165, 1.54) is 0 Å². The predicted molar refractivity (Wildman–Crippen MR) is 51.1 cm³/mol. The van der Waals surface area contributed by atoms with Gasteiger partial charge in [0.1, 0.15) is 6.04 Å². The van der Waals surface area contributed by atoms with E-state index in [-0.39, 0.29) is 12.5 Å². The lowest BCUT2D eigenvalue weighted by Gasteiger charge is -2.13. The van der Waals surface area contributed by atoms with E-state index in [1.54, 1.807) is 0 Å². The molecular weight excluding hydrogens is 178 g/mol. The van der Waals surface area contributed by atoms with Crippen LogP contribution in [0.15, 0.2) is 24.3 Å². The molecule has 0 aliphatic carbocycles. The highest BCUT2D eigenvalue weighted by molar-refractivity contribution is 5.65. The van der Waals surface area contributed by atoms with Gasteiger partial charge >= 0.3 is 0 Å². The van der Waals surface area contributed by atoms with Gasteiger partial charge in [-0.3, -0.25) is 0 Å². The zero-order chi connectivity index (χ0) is 10.6. The van der Waals surface area contributed by atoms with Crippen LogP contribution in [0.4, 0.5) is 0 Å². The summed E-state index contributed by atoms with van der Waals surface area (Å²) in [6.45, 7) is 2.05. The van der Waals surface area contributed by atoms with Gasteiger partial charge in [-0.15, -0.1) is 0 Å². The molecule has 3 N–H and O–H groups in total. The Balaban J connectivity index is 2.87. The summed E-state index contributed by atoms with van der Waals surface area (Å²) in [4.78, 5) is 10.4. The van der Waals surface area contributed by atoms with E-state index in [0.29, 0.717) is 0 Å². The Hall–Kier alpha value is -1.35. The van der Waals surface area contributed by atoms with Crippen LogP contribution in [0.1, 0.15) is 30.5 Å². The molecule has 0 aliphatic rings. The zero-order valence-corrected chi connectivity index (χ0v) is 8.32. The fourth-order valence-electron chi connectivity index (χ4n) is 1.57. The molecule has 0 aliphatic heterocycles. The summed E-state index contributed by atoms with van der Waals surface area (Å²) in [6.07, 6.45) is 0.881. The molecule has 1 aromatic carbocycles. The second-order valence-electron chi connectivity index (χ2n) is 3.33. The van der Waals surface area contributed by atoms with Crippen molar-refractivity contribution in [1.29, 1.82) is 0 Å². The van der Waals surface area contributed by atoms with Crippen molar-refractivity contribution in [3.63, 3.8) is 0 Å². The number of rotatable bonds is 4. The van der Waals surface area contributed by atoms with Gasteiger partial charge in [0.2, 0.25) is 0 Å². The largest absolute Gasteiger partial charge is 0.550 e. The Morgan fingerprint density at radius 1 is 1.50 bits per heavy atom. The topological polar surface area (TPSA) is 67.8 Å². The number of carbonyl (C=O) groups is 1. The first-order valence-electron chi connectivity index (χ1n) is 4.75. The van der Waals surface area contributed by atoms with E-state index in [0.717, 1.165) is 17.5 Å². The van der Waals surface area contributed by atoms with Gasteiger partial charge in [-0.2, -0.15) is 0 Å². The number of aliphatic carboxylic acids is 1. The molecule has 0 spiro atoms. The smallest absolute Gasteiger partial charge is 0.116 e. The zero-order valence-electron chi connectivity index (χ0n) is 8.32. The molecule has 3 heteroatoms. The Kier molecular flexibility index (Phi) is 3.65. The monoisotopic (exact) mass is 193 g/mol. The maximum absolute atomic E-state index is 10.4. The molecule has 1 atom stereocenters. The third kappa shape index (κ3) is 2.57. The van der Waals surface area contributed by atoms with Crippen LogP contribution < -0.4 is 10.8 Å². The van der Waals surface area contributed by atoms with E-state index >= 15 is 0 Å². The highest BCUT2D eigenvalue weighted by Crippen LogP contribution is 2.17. The number of hydrogen-bond donors (Lipinski definition) is 1. The van der Waals surface area contributed by atoms with Crippen molar-refractivity contribution < 1.29 is 15.6 Å². The molecule has 0 unspecified atom stereocenters. The van der Waals surface area contributed by atoms with Crippen LogP contribution in [-0.4, -0.2) is 5.97 Å². The summed E-state index contributed by atoms with van der Waals surface area (Å²) in [6, 6.07) is 7.58. The lowest BCUT2D eigenvalue weighted by Crippen LogP contribution is -2.55. The number of carbonyl (C=O) groups excluding carboxylic acids is 1. The third-order valence-electron chi connectivity index (χ3n) is 2.29. The van der Waals surface area contributed by atoms with Crippen molar-refractivity contribution in [3.05, 3.63) is 35.4 Å². The molecule has 1 rings (SSSR count). The summed E-state index contributed by atoms with van der Waals surface area (Å²) in [5.41, 5.74) is 6.01. The van der Waals surface area contributed by atoms with E-state index < -0.39 is 5.97 Å². The molecule has 76 valence electrons. The van der Waals surface area contributed by atoms with Crippen LogP contribution in [0.3, 0.4) is 0 Å². The van der Waals surface area contributed by atoms with Crippen molar-refractivity contribution in [1.82, 2.24) is 0 Å². The van der Waals surface area contributed by atoms with Crippen molar-refractivity contribution in [2.45, 2.75) is 25.8 Å². The Labute approximate surface area is 83.6 Å². The van der Waals surface area contributed by atoms with E-state index in [1.807, 2.05) is 31.2 Å². The van der Waals surface area contributed by atoms with E-state index in [4.69, 9.17) is 0 Å². The van der Waals surface area contributed by atoms with Gasteiger partial charge in [0.05, 0.1) is 0 Å². The Bertz CT molecular complexity index is 323. The normalized spacial score (nSPS) is 12.4. The van der Waals surface area contributed by atoms with Gasteiger partial charge in [-0.05, 0) is 12.0 Å². The van der Waals surface area contributed by atoms with Crippen LogP contribution >= 0.6 is 0 Å². The average molecular weight is 193 g/mol. The first-order valence-corrected chi connectivity index (χ1v) is 4.75. The van der Waals surface area contributed by atoms with Gasteiger partial charge in [0.15, 0.2) is 0 Å². The van der Waals surface area contributed by atoms with Crippen LogP contribution in [0.25, 0.3) is 0 Å². The molecule has 14 heavy (non-hydrogen) atoms. The molecule has 0 saturated heterocycles. The number of hydrogen-bond acceptors (Lipinski definition) is 2. The van der Waals surface area contributed by atoms with Gasteiger partial charge in [-0.1, -0.05) is 31.2 Å². The fraction of sp³-hybridized carbons (Fsp3) is 0.364. The lowest BCUT2D eigenvalue weighted by atomic mass is 9.97. The molecule has 0 radical (unpaired) electrons. The minimum Gasteiger partial charge on any atom is -0.550 e. The van der Waals surface area contributed by atoms with Crippen LogP contribution in [0.5, 0.6) is 0 Å². The van der Waals surface area contributed by atoms with Gasteiger partial charge in [0.25, 0.3) is 0 Å². The third-order valence-corrected chi connectivity index (χ3v) is 2.29. The molecule has 0 fully saturated rings. The van der Waals surface area contributed by atoms with Crippen molar-refractivity contribution in [2.75, 3.05) is 0 Å². The number of quaternary nitrogens is 1. The number of benzene rings is 1. The van der Waals surface area contributed by atoms with Gasteiger partial charge in [-0.25, -0.2) is 0 Å². The summed E-state index contributed by atoms with van der Waals surface area (Å²) in [7, 11) is 0. The highest BCUT2D eigenvalue weighted by atomic mass is 16.4. The average Bonchev–Trinajstić information content (AvgIpc) is 2.16. The van der Waals surface area contributed by atoms with Crippen LogP contribution in [0, 0.1) is 0 Å². The van der Waals surface area contributed by atoms with E-state index in [9.17, 15) is 9.90 Å². The van der Waals surface area contributed by atoms with Gasteiger partial charge in [0, 0.05) is 18.0 Å². The Morgan fingerprint density at radius 2 is 2.14 bits per heavy atom. The maximum atomic E-state index is 10.4. The molecule has 0 aromatic heterocycles. The minimum atomic E-state index is -1.05. The first-order chi connectivity index (χ1) is 6.65. The molecular formula is C11H15NO2. The molecule has 1 aromatic rings. The predicted octanol–water partition coefficient (Wildman–Crippen LogP) is -0.328. The second-order valence-corrected chi connectivity index (χ2v) is 3.33. The van der Waals surface area contributed by atoms with E-state index in [2.05, 4.69) is 5.73 Å². The Morgan fingerprint density at radius 3 is 2.71 bits per heavy atom. The lowest BCUT2D eigenvalue weighted by molar-refractivity contribution is -0.430. The summed E-state index contributed by atoms with van der Waals surface area (Å²) >= 11 is 0. The van der Waals surface area contributed by atoms with Gasteiger partial charge < -0.3 is 15.6 Å². The second kappa shape index (κ2) is 4.77. The molecule has 0 amide bonds. The summed E-state index contributed by atoms with van der Waals surface area (Å²) in [5.74, 6) is -1.05. The maximum Gasteiger partial charge on any atom is 0.116 e. The quantitative estimate of drug-likeness (QED) is 0.711. The molecule has 0 saturated carbocycles. The van der Waals surface area contributed by atoms with Crippen molar-refractivity contribution >= 4 is 5.97 Å². The SMILES string of the molecule is CCc1ccccc1[C@@H]([NH3+])CC(=O)[O-]. The standard InChI is InChI=1S/C11H15NO2/c1-2-8-5-3-4-6-9(8)10(12)7-11(13)14/h3-6,10H,2,7,12H2,1H3,(H,13,14)/t10-/m0/s1. The summed E-state index contributed by atoms with van der Waals surface area (Å²) < 4.78 is 0.